The van der Waals surface area contributed by atoms with E-state index in [1.54, 1.807) is 0 Å². The van der Waals surface area contributed by atoms with Gasteiger partial charge in [-0.15, -0.1) is 0 Å². The van der Waals surface area contributed by atoms with Crippen molar-refractivity contribution in [2.75, 3.05) is 5.73 Å². The van der Waals surface area contributed by atoms with Crippen LogP contribution in [0.3, 0.4) is 0 Å². The van der Waals surface area contributed by atoms with E-state index >= 15 is 0 Å². The Morgan fingerprint density at radius 2 is 2.17 bits per heavy atom. The molecule has 1 heterocycles. The molecular weight excluding hydrogens is 206 g/mol. The van der Waals surface area contributed by atoms with E-state index in [2.05, 4.69) is 4.98 Å². The van der Waals surface area contributed by atoms with E-state index in [4.69, 9.17) is 34.0 Å². The molecule has 1 rings (SSSR count). The van der Waals surface area contributed by atoms with Crippen molar-refractivity contribution in [3.05, 3.63) is 21.9 Å². The number of halogens is 2. The van der Waals surface area contributed by atoms with Gasteiger partial charge in [-0.1, -0.05) is 23.2 Å². The van der Waals surface area contributed by atoms with Gasteiger partial charge in [0, 0.05) is 0 Å². The van der Waals surface area contributed by atoms with Gasteiger partial charge in [0.1, 0.15) is 5.15 Å². The van der Waals surface area contributed by atoms with Crippen LogP contribution in [0.2, 0.25) is 10.2 Å². The van der Waals surface area contributed by atoms with E-state index in [1.165, 1.54) is 6.07 Å². The summed E-state index contributed by atoms with van der Waals surface area (Å²) in [5, 5.41) is 8.47. The third kappa shape index (κ3) is 1.60. The Hall–Kier alpha value is -1.00. The number of hydrogen-bond donors (Lipinski definition) is 2. The average molecular weight is 210 g/mol. The highest BCUT2D eigenvalue weighted by Gasteiger charge is 2.13. The van der Waals surface area contributed by atoms with Crippen LogP contribution < -0.4 is 5.73 Å². The number of nitrogens with zero attached hydrogens (tertiary/aromatic N) is 1. The van der Waals surface area contributed by atoms with Crippen LogP contribution in [0.4, 0.5) is 5.69 Å². The van der Waals surface area contributed by atoms with Crippen LogP contribution in [-0.2, 0) is 0 Å². The molecular formula is C6H4Cl2N2O2. The van der Waals surface area contributed by atoms with Crippen molar-refractivity contribution in [3.63, 3.8) is 0 Å². The molecule has 0 aliphatic rings. The summed E-state index contributed by atoms with van der Waals surface area (Å²) in [6.07, 6.45) is 0. The lowest BCUT2D eigenvalue weighted by atomic mass is 10.5. The summed E-state index contributed by atoms with van der Waals surface area (Å²) in [6, 6.07) is 1.29. The number of rotatable bonds is 1. The first kappa shape index (κ1) is 9.09. The van der Waals surface area contributed by atoms with Gasteiger partial charge in [0.15, 0.2) is 5.69 Å². The van der Waals surface area contributed by atoms with Crippen LogP contribution in [0, 0.1) is 0 Å². The molecule has 4 nitrogen and oxygen atoms in total. The molecule has 0 unspecified atom stereocenters. The summed E-state index contributed by atoms with van der Waals surface area (Å²) in [5.41, 5.74) is 5.11. The van der Waals surface area contributed by atoms with Crippen LogP contribution in [0.1, 0.15) is 10.5 Å². The Morgan fingerprint density at radius 3 is 2.67 bits per heavy atom. The highest BCUT2D eigenvalue weighted by atomic mass is 35.5. The second-order valence-electron chi connectivity index (χ2n) is 2.00. The van der Waals surface area contributed by atoms with Gasteiger partial charge in [0.25, 0.3) is 0 Å². The molecule has 0 radical (unpaired) electrons. The first-order valence-electron chi connectivity index (χ1n) is 2.87. The molecule has 1 aromatic rings. The zero-order valence-electron chi connectivity index (χ0n) is 5.71. The lowest BCUT2D eigenvalue weighted by molar-refractivity contribution is 0.0691. The molecule has 0 aliphatic carbocycles. The highest BCUT2D eigenvalue weighted by Crippen LogP contribution is 2.24. The molecule has 0 amide bonds. The van der Waals surface area contributed by atoms with Gasteiger partial charge in [-0.25, -0.2) is 9.78 Å². The van der Waals surface area contributed by atoms with Crippen LogP contribution in [-0.4, -0.2) is 16.1 Å². The van der Waals surface area contributed by atoms with Crippen LogP contribution >= 0.6 is 23.2 Å². The molecule has 0 aromatic carbocycles. The molecule has 0 saturated carbocycles. The predicted molar refractivity (Wildman–Crippen MR) is 45.6 cm³/mol. The van der Waals surface area contributed by atoms with Crippen LogP contribution in [0.5, 0.6) is 0 Å². The topological polar surface area (TPSA) is 76.2 Å². The van der Waals surface area contributed by atoms with Crippen molar-refractivity contribution < 1.29 is 9.90 Å². The fraction of sp³-hybridized carbons (Fsp3) is 0. The second-order valence-corrected chi connectivity index (χ2v) is 2.77. The maximum atomic E-state index is 10.5. The number of nitrogen functional groups attached to an aromatic ring is 1. The molecule has 0 bridgehead atoms. The minimum Gasteiger partial charge on any atom is -0.476 e. The first-order chi connectivity index (χ1) is 5.52. The number of carboxylic acid groups (broad SMARTS) is 1. The molecule has 12 heavy (non-hydrogen) atoms. The third-order valence-corrected chi connectivity index (χ3v) is 1.75. The lowest BCUT2D eigenvalue weighted by Crippen LogP contribution is -2.03. The predicted octanol–water partition coefficient (Wildman–Crippen LogP) is 1.67. The van der Waals surface area contributed by atoms with Gasteiger partial charge in [-0.3, -0.25) is 0 Å². The normalized spacial score (nSPS) is 9.83. The van der Waals surface area contributed by atoms with E-state index in [1.807, 2.05) is 0 Å². The van der Waals surface area contributed by atoms with E-state index in [0.29, 0.717) is 0 Å². The summed E-state index contributed by atoms with van der Waals surface area (Å²) >= 11 is 11.0. The first-order valence-corrected chi connectivity index (χ1v) is 3.62. The number of aromatic carboxylic acids is 1. The van der Waals surface area contributed by atoms with Crippen molar-refractivity contribution in [2.45, 2.75) is 0 Å². The summed E-state index contributed by atoms with van der Waals surface area (Å²) in [6.45, 7) is 0. The van der Waals surface area contributed by atoms with Crippen molar-refractivity contribution in [3.8, 4) is 0 Å². The Morgan fingerprint density at radius 1 is 1.58 bits per heavy atom. The van der Waals surface area contributed by atoms with Crippen molar-refractivity contribution in [1.82, 2.24) is 4.98 Å². The zero-order valence-corrected chi connectivity index (χ0v) is 7.23. The van der Waals surface area contributed by atoms with Gasteiger partial charge >= 0.3 is 5.97 Å². The van der Waals surface area contributed by atoms with Gasteiger partial charge in [0.2, 0.25) is 0 Å². The Bertz CT molecular complexity index is 341. The van der Waals surface area contributed by atoms with Gasteiger partial charge < -0.3 is 10.8 Å². The SMILES string of the molecule is Nc1c[13c](Cl)[15n][13c](C(=O)O)c1Cl. The fourth-order valence-corrected chi connectivity index (χ4v) is 1.04. The largest absolute Gasteiger partial charge is 0.476 e. The Labute approximate surface area is 77.9 Å². The molecule has 0 atom stereocenters. The lowest BCUT2D eigenvalue weighted by Gasteiger charge is -2.01. The van der Waals surface area contributed by atoms with Gasteiger partial charge in [0.05, 0.1) is 10.7 Å². The van der Waals surface area contributed by atoms with E-state index in [9.17, 15) is 4.79 Å². The number of aromatic nitrogens is 1. The van der Waals surface area contributed by atoms with Crippen molar-refractivity contribution in [1.29, 1.82) is 0 Å². The third-order valence-electron chi connectivity index (χ3n) is 1.16. The van der Waals surface area contributed by atoms with E-state index in [-0.39, 0.29) is 21.6 Å². The Balaban J connectivity index is 3.37. The summed E-state index contributed by atoms with van der Waals surface area (Å²) < 4.78 is 0. The Kier molecular flexibility index (Phi) is 2.40. The van der Waals surface area contributed by atoms with Crippen molar-refractivity contribution >= 4 is 34.9 Å². The monoisotopic (exact) mass is 209 g/mol. The zero-order chi connectivity index (χ0) is 9.30. The molecule has 1 aromatic heterocycles. The molecule has 64 valence electrons. The molecule has 0 spiro atoms. The highest BCUT2D eigenvalue weighted by molar-refractivity contribution is 6.36. The number of pyridine rings is 1. The molecule has 6 heteroatoms. The minimum absolute atomic E-state index is 0.00861. The number of carboxylic acids is 1. The van der Waals surface area contributed by atoms with Gasteiger partial charge in [-0.2, -0.15) is 0 Å². The standard InChI is InChI=1S/C6H4Cl2N2O2/c7-3-1-2(9)4(8)5(10-3)6(11)12/h1H,(H2,9,10)(H,11,12)/i3+1,5+1,10+1. The van der Waals surface area contributed by atoms with Crippen molar-refractivity contribution in [2.24, 2.45) is 0 Å². The summed E-state index contributed by atoms with van der Waals surface area (Å²) in [5.74, 6) is -1.26. The second kappa shape index (κ2) is 3.16. The molecule has 0 aliphatic heterocycles. The quantitative estimate of drug-likeness (QED) is 0.691. The van der Waals surface area contributed by atoms with Crippen LogP contribution in [0.25, 0.3) is 0 Å². The number of anilines is 1. The van der Waals surface area contributed by atoms with E-state index < -0.39 is 5.97 Å². The number of carbonyl (C=O) groups is 1. The molecule has 0 saturated heterocycles. The number of nitrogens with two attached hydrogens (primary N) is 1. The average Bonchev–Trinajstić information content (AvgIpc) is 1.96. The summed E-state index contributed by atoms with van der Waals surface area (Å²) in [7, 11) is 0. The van der Waals surface area contributed by atoms with Gasteiger partial charge in [-0.05, 0) is 6.07 Å². The molecule has 3 N–H and O–H groups in total. The minimum atomic E-state index is -1.26. The fourth-order valence-electron chi connectivity index (χ4n) is 0.658. The van der Waals surface area contributed by atoms with Crippen LogP contribution in [0.15, 0.2) is 6.07 Å². The van der Waals surface area contributed by atoms with E-state index in [0.717, 1.165) is 0 Å². The maximum Gasteiger partial charge on any atom is 0.356 e. The maximum absolute atomic E-state index is 10.5. The number of hydrogen-bond acceptors (Lipinski definition) is 3. The molecule has 0 fully saturated rings. The smallest absolute Gasteiger partial charge is 0.356 e. The summed E-state index contributed by atoms with van der Waals surface area (Å²) in [4.78, 5) is 14.0.